The number of carbonyl (C=O) groups is 1. The highest BCUT2D eigenvalue weighted by molar-refractivity contribution is 6.00. The molecule has 6 nitrogen and oxygen atoms in total. The number of fused-ring (bicyclic) bond motifs is 1. The maximum Gasteiger partial charge on any atom is 0.253 e. The summed E-state index contributed by atoms with van der Waals surface area (Å²) < 4.78 is 10.4. The van der Waals surface area contributed by atoms with Crippen molar-refractivity contribution < 1.29 is 19.4 Å². The predicted octanol–water partition coefficient (Wildman–Crippen LogP) is 0.498. The van der Waals surface area contributed by atoms with E-state index < -0.39 is 0 Å². The fourth-order valence-electron chi connectivity index (χ4n) is 1.69. The third-order valence-electron chi connectivity index (χ3n) is 2.84. The van der Waals surface area contributed by atoms with Gasteiger partial charge in [0.05, 0.1) is 18.2 Å². The molecule has 0 radical (unpaired) electrons. The van der Waals surface area contributed by atoms with Crippen LogP contribution in [0.5, 0.6) is 11.5 Å². The fraction of sp³-hybridized carbons (Fsp3) is 0.417. The van der Waals surface area contributed by atoms with Crippen LogP contribution >= 0.6 is 0 Å². The average Bonchev–Trinajstić information content (AvgIpc) is 2.81. The first-order valence-corrected chi connectivity index (χ1v) is 5.76. The minimum atomic E-state index is -0.327. The van der Waals surface area contributed by atoms with E-state index >= 15 is 0 Å². The van der Waals surface area contributed by atoms with Gasteiger partial charge in [-0.25, -0.2) is 0 Å². The zero-order valence-corrected chi connectivity index (χ0v) is 10.1. The lowest BCUT2D eigenvalue weighted by Gasteiger charge is -2.15. The largest absolute Gasteiger partial charge is 0.454 e. The maximum atomic E-state index is 12.0. The highest BCUT2D eigenvalue weighted by Gasteiger charge is 2.20. The number of nitrogen functional groups attached to an aromatic ring is 1. The van der Waals surface area contributed by atoms with Gasteiger partial charge in [-0.15, -0.1) is 0 Å². The van der Waals surface area contributed by atoms with Gasteiger partial charge in [0.15, 0.2) is 11.5 Å². The first-order valence-electron chi connectivity index (χ1n) is 5.76. The Labute approximate surface area is 105 Å². The summed E-state index contributed by atoms with van der Waals surface area (Å²) in [6, 6.07) is 2.84. The standard InChI is InChI=1S/C12H16N2O4/c1-2-7(5-15)14-12(16)8-3-10-11(4-9(8)13)18-6-17-10/h3-4,7,15H,2,5-6,13H2,1H3,(H,14,16). The molecule has 0 aromatic heterocycles. The van der Waals surface area contributed by atoms with Crippen LogP contribution in [0.15, 0.2) is 12.1 Å². The molecule has 1 heterocycles. The number of carbonyl (C=O) groups excluding carboxylic acids is 1. The molecule has 0 aliphatic carbocycles. The number of nitrogens with one attached hydrogen (secondary N) is 1. The summed E-state index contributed by atoms with van der Waals surface area (Å²) in [5, 5.41) is 11.8. The predicted molar refractivity (Wildman–Crippen MR) is 65.6 cm³/mol. The van der Waals surface area contributed by atoms with E-state index in [9.17, 15) is 4.79 Å². The van der Waals surface area contributed by atoms with Gasteiger partial charge in [-0.3, -0.25) is 4.79 Å². The van der Waals surface area contributed by atoms with Crippen LogP contribution in [-0.4, -0.2) is 30.5 Å². The van der Waals surface area contributed by atoms with Crippen molar-refractivity contribution in [2.24, 2.45) is 0 Å². The van der Waals surface area contributed by atoms with E-state index in [1.165, 1.54) is 0 Å². The van der Waals surface area contributed by atoms with E-state index in [4.69, 9.17) is 20.3 Å². The Hall–Kier alpha value is -1.95. The third kappa shape index (κ3) is 2.33. The topological polar surface area (TPSA) is 93.8 Å². The van der Waals surface area contributed by atoms with E-state index in [1.54, 1.807) is 12.1 Å². The van der Waals surface area contributed by atoms with Gasteiger partial charge in [0.25, 0.3) is 5.91 Å². The second-order valence-corrected chi connectivity index (χ2v) is 4.05. The Morgan fingerprint density at radius 3 is 2.78 bits per heavy atom. The minimum absolute atomic E-state index is 0.104. The summed E-state index contributed by atoms with van der Waals surface area (Å²) in [7, 11) is 0. The second kappa shape index (κ2) is 5.14. The molecule has 1 aromatic carbocycles. The lowest BCUT2D eigenvalue weighted by molar-refractivity contribution is 0.0915. The Bertz CT molecular complexity index is 458. The van der Waals surface area contributed by atoms with Crippen LogP contribution in [0.2, 0.25) is 0 Å². The van der Waals surface area contributed by atoms with Crippen molar-refractivity contribution in [3.05, 3.63) is 17.7 Å². The molecular weight excluding hydrogens is 236 g/mol. The summed E-state index contributed by atoms with van der Waals surface area (Å²) in [5.74, 6) is 0.719. The van der Waals surface area contributed by atoms with Gasteiger partial charge < -0.3 is 25.6 Å². The van der Waals surface area contributed by atoms with Crippen molar-refractivity contribution in [1.29, 1.82) is 0 Å². The second-order valence-electron chi connectivity index (χ2n) is 4.05. The molecule has 4 N–H and O–H groups in total. The van der Waals surface area contributed by atoms with E-state index in [-0.39, 0.29) is 25.3 Å². The number of anilines is 1. The van der Waals surface area contributed by atoms with Crippen LogP contribution in [0.25, 0.3) is 0 Å². The Balaban J connectivity index is 2.20. The third-order valence-corrected chi connectivity index (χ3v) is 2.84. The molecular formula is C12H16N2O4. The van der Waals surface area contributed by atoms with Gasteiger partial charge in [-0.05, 0) is 12.5 Å². The van der Waals surface area contributed by atoms with Crippen molar-refractivity contribution in [1.82, 2.24) is 5.32 Å². The molecule has 1 unspecified atom stereocenters. The molecule has 98 valence electrons. The lowest BCUT2D eigenvalue weighted by Crippen LogP contribution is -2.37. The van der Waals surface area contributed by atoms with Crippen molar-refractivity contribution >= 4 is 11.6 Å². The molecule has 0 bridgehead atoms. The quantitative estimate of drug-likeness (QED) is 0.678. The average molecular weight is 252 g/mol. The monoisotopic (exact) mass is 252 g/mol. The Morgan fingerprint density at radius 2 is 2.17 bits per heavy atom. The SMILES string of the molecule is CCC(CO)NC(=O)c1cc2c(cc1N)OCO2. The number of amides is 1. The number of aliphatic hydroxyl groups is 1. The van der Waals surface area contributed by atoms with Crippen molar-refractivity contribution in [3.8, 4) is 11.5 Å². The molecule has 0 saturated carbocycles. The molecule has 0 spiro atoms. The van der Waals surface area contributed by atoms with Crippen LogP contribution in [-0.2, 0) is 0 Å². The van der Waals surface area contributed by atoms with Crippen molar-refractivity contribution in [2.75, 3.05) is 19.1 Å². The van der Waals surface area contributed by atoms with E-state index in [0.717, 1.165) is 0 Å². The van der Waals surface area contributed by atoms with Gasteiger partial charge in [0, 0.05) is 11.8 Å². The van der Waals surface area contributed by atoms with Crippen LogP contribution in [0.3, 0.4) is 0 Å². The molecule has 1 aliphatic heterocycles. The molecule has 6 heteroatoms. The zero-order valence-electron chi connectivity index (χ0n) is 10.1. The van der Waals surface area contributed by atoms with Crippen LogP contribution < -0.4 is 20.5 Å². The molecule has 18 heavy (non-hydrogen) atoms. The number of nitrogens with two attached hydrogens (primary N) is 1. The minimum Gasteiger partial charge on any atom is -0.454 e. The summed E-state index contributed by atoms with van der Waals surface area (Å²) in [4.78, 5) is 12.0. The molecule has 1 aliphatic rings. The molecule has 2 rings (SSSR count). The van der Waals surface area contributed by atoms with Gasteiger partial charge in [-0.2, -0.15) is 0 Å². The van der Waals surface area contributed by atoms with E-state index in [0.29, 0.717) is 29.2 Å². The number of rotatable bonds is 4. The summed E-state index contributed by atoms with van der Waals surface area (Å²) in [6.45, 7) is 1.91. The van der Waals surface area contributed by atoms with E-state index in [1.807, 2.05) is 6.92 Å². The lowest BCUT2D eigenvalue weighted by atomic mass is 10.1. The first kappa shape index (κ1) is 12.5. The number of hydrogen-bond donors (Lipinski definition) is 3. The fourth-order valence-corrected chi connectivity index (χ4v) is 1.69. The Kier molecular flexibility index (Phi) is 3.57. The number of benzene rings is 1. The van der Waals surface area contributed by atoms with E-state index in [2.05, 4.69) is 5.32 Å². The number of hydrogen-bond acceptors (Lipinski definition) is 5. The number of aliphatic hydroxyl groups excluding tert-OH is 1. The van der Waals surface area contributed by atoms with Gasteiger partial charge in [0.1, 0.15) is 0 Å². The zero-order chi connectivity index (χ0) is 13.1. The Morgan fingerprint density at radius 1 is 1.50 bits per heavy atom. The van der Waals surface area contributed by atoms with Crippen molar-refractivity contribution in [3.63, 3.8) is 0 Å². The molecule has 0 fully saturated rings. The smallest absolute Gasteiger partial charge is 0.253 e. The van der Waals surface area contributed by atoms with Gasteiger partial charge >= 0.3 is 0 Å². The summed E-state index contributed by atoms with van der Waals surface area (Å²) in [5.41, 5.74) is 6.44. The van der Waals surface area contributed by atoms with Crippen LogP contribution in [0.1, 0.15) is 23.7 Å². The normalized spacial score (nSPS) is 14.3. The highest BCUT2D eigenvalue weighted by atomic mass is 16.7. The van der Waals surface area contributed by atoms with Gasteiger partial charge in [0.2, 0.25) is 6.79 Å². The first-order chi connectivity index (χ1) is 8.65. The molecule has 1 atom stereocenters. The highest BCUT2D eigenvalue weighted by Crippen LogP contribution is 2.35. The number of ether oxygens (including phenoxy) is 2. The molecule has 1 amide bonds. The van der Waals surface area contributed by atoms with Crippen molar-refractivity contribution in [2.45, 2.75) is 19.4 Å². The summed E-state index contributed by atoms with van der Waals surface area (Å²) >= 11 is 0. The van der Waals surface area contributed by atoms with Crippen LogP contribution in [0, 0.1) is 0 Å². The summed E-state index contributed by atoms with van der Waals surface area (Å²) in [6.07, 6.45) is 0.646. The molecule has 0 saturated heterocycles. The molecule has 1 aromatic rings. The van der Waals surface area contributed by atoms with Crippen LogP contribution in [0.4, 0.5) is 5.69 Å². The van der Waals surface area contributed by atoms with Gasteiger partial charge in [-0.1, -0.05) is 6.92 Å². The maximum absolute atomic E-state index is 12.0.